The van der Waals surface area contributed by atoms with Crippen LogP contribution >= 0.6 is 12.4 Å². The summed E-state index contributed by atoms with van der Waals surface area (Å²) in [4.78, 5) is 12.2. The molecular weight excluding hydrogens is 292 g/mol. The zero-order chi connectivity index (χ0) is 14.5. The lowest BCUT2D eigenvalue weighted by Gasteiger charge is -2.19. The molecular formula is C15H23ClN2O3. The molecule has 1 unspecified atom stereocenters. The number of benzene rings is 1. The Hall–Kier alpha value is -1.30. The molecule has 1 aliphatic rings. The number of halogens is 1. The highest BCUT2D eigenvalue weighted by Gasteiger charge is 2.30. The quantitative estimate of drug-likeness (QED) is 0.869. The van der Waals surface area contributed by atoms with Crippen LogP contribution in [0.5, 0.6) is 5.75 Å². The van der Waals surface area contributed by atoms with E-state index < -0.39 is 0 Å². The fourth-order valence-electron chi connectivity index (χ4n) is 2.48. The van der Waals surface area contributed by atoms with Crippen LogP contribution in [0.4, 0.5) is 0 Å². The van der Waals surface area contributed by atoms with Crippen LogP contribution in [0.25, 0.3) is 0 Å². The molecule has 0 saturated carbocycles. The number of nitrogens with two attached hydrogens (primary N) is 1. The molecule has 6 heteroatoms. The predicted octanol–water partition coefficient (Wildman–Crippen LogP) is 1.80. The van der Waals surface area contributed by atoms with E-state index in [9.17, 15) is 4.79 Å². The molecule has 1 saturated heterocycles. The monoisotopic (exact) mass is 314 g/mol. The van der Waals surface area contributed by atoms with Crippen molar-refractivity contribution >= 4 is 18.3 Å². The average molecular weight is 315 g/mol. The van der Waals surface area contributed by atoms with Crippen LogP contribution in [0.1, 0.15) is 31.4 Å². The minimum absolute atomic E-state index is 0. The van der Waals surface area contributed by atoms with Crippen molar-refractivity contribution in [1.29, 1.82) is 0 Å². The molecule has 0 aliphatic carbocycles. The van der Waals surface area contributed by atoms with Crippen LogP contribution in [0.2, 0.25) is 0 Å². The lowest BCUT2D eigenvalue weighted by molar-refractivity contribution is -0.132. The number of hydrogen-bond donors (Lipinski definition) is 2. The topological polar surface area (TPSA) is 73.6 Å². The molecule has 3 N–H and O–H groups in total. The average Bonchev–Trinajstić information content (AvgIpc) is 2.96. The number of methoxy groups -OCH3 is 1. The summed E-state index contributed by atoms with van der Waals surface area (Å²) in [5, 5.41) is 2.97. The number of carbonyl (C=O) groups is 1. The standard InChI is InChI=1S/C15H22N2O3.ClH/c1-10(12-5-3-4-6-13(12)19-2)17-15(18)14-8-7-11(9-16)20-14;/h3-6,10-11,14H,7-9,16H2,1-2H3,(H,17,18);1H/t10?,11-,14+;/m1./s1. The Balaban J connectivity index is 0.00000220. The van der Waals surface area contributed by atoms with Gasteiger partial charge in [-0.05, 0) is 25.8 Å². The van der Waals surface area contributed by atoms with Gasteiger partial charge in [-0.15, -0.1) is 12.4 Å². The van der Waals surface area contributed by atoms with Crippen molar-refractivity contribution in [3.8, 4) is 5.75 Å². The second-order valence-electron chi connectivity index (χ2n) is 5.03. The Morgan fingerprint density at radius 3 is 2.81 bits per heavy atom. The molecule has 0 aromatic heterocycles. The summed E-state index contributed by atoms with van der Waals surface area (Å²) in [6, 6.07) is 7.54. The molecule has 0 radical (unpaired) electrons. The lowest BCUT2D eigenvalue weighted by atomic mass is 10.1. The molecule has 0 bridgehead atoms. The summed E-state index contributed by atoms with van der Waals surface area (Å²) in [6.45, 7) is 2.40. The molecule has 1 heterocycles. The van der Waals surface area contributed by atoms with Crippen molar-refractivity contribution < 1.29 is 14.3 Å². The molecule has 118 valence electrons. The summed E-state index contributed by atoms with van der Waals surface area (Å²) in [7, 11) is 1.62. The number of nitrogens with one attached hydrogen (secondary N) is 1. The van der Waals surface area contributed by atoms with Crippen LogP contribution in [0.3, 0.4) is 0 Å². The van der Waals surface area contributed by atoms with Gasteiger partial charge in [-0.1, -0.05) is 18.2 Å². The Bertz CT molecular complexity index is 470. The fourth-order valence-corrected chi connectivity index (χ4v) is 2.48. The number of amides is 1. The smallest absolute Gasteiger partial charge is 0.249 e. The predicted molar refractivity (Wildman–Crippen MR) is 83.7 cm³/mol. The molecule has 5 nitrogen and oxygen atoms in total. The number of rotatable bonds is 5. The normalized spacial score (nSPS) is 22.2. The highest BCUT2D eigenvalue weighted by molar-refractivity contribution is 5.85. The zero-order valence-corrected chi connectivity index (χ0v) is 13.2. The SMILES string of the molecule is COc1ccccc1C(C)NC(=O)[C@@H]1CC[C@H](CN)O1.Cl. The number of carbonyl (C=O) groups excluding carboxylic acids is 1. The second kappa shape index (κ2) is 8.22. The number of ether oxygens (including phenoxy) is 2. The van der Waals surface area contributed by atoms with Crippen LogP contribution < -0.4 is 15.8 Å². The summed E-state index contributed by atoms with van der Waals surface area (Å²) < 4.78 is 10.9. The summed E-state index contributed by atoms with van der Waals surface area (Å²) in [6.07, 6.45) is 1.19. The molecule has 1 fully saturated rings. The van der Waals surface area contributed by atoms with E-state index in [4.69, 9.17) is 15.2 Å². The van der Waals surface area contributed by atoms with Crippen molar-refractivity contribution in [2.24, 2.45) is 5.73 Å². The molecule has 1 aliphatic heterocycles. The highest BCUT2D eigenvalue weighted by Crippen LogP contribution is 2.25. The van der Waals surface area contributed by atoms with E-state index in [1.54, 1.807) is 7.11 Å². The van der Waals surface area contributed by atoms with Gasteiger partial charge in [0.05, 0.1) is 19.3 Å². The van der Waals surface area contributed by atoms with Gasteiger partial charge in [0.25, 0.3) is 0 Å². The van der Waals surface area contributed by atoms with Gasteiger partial charge in [-0.3, -0.25) is 4.79 Å². The molecule has 1 amide bonds. The van der Waals surface area contributed by atoms with Gasteiger partial charge < -0.3 is 20.5 Å². The van der Waals surface area contributed by atoms with Crippen molar-refractivity contribution in [2.45, 2.75) is 38.0 Å². The summed E-state index contributed by atoms with van der Waals surface area (Å²) in [5.41, 5.74) is 6.51. The Morgan fingerprint density at radius 2 is 2.19 bits per heavy atom. The third kappa shape index (κ3) is 4.33. The minimum Gasteiger partial charge on any atom is -0.496 e. The first-order valence-corrected chi connectivity index (χ1v) is 6.94. The van der Waals surface area contributed by atoms with E-state index in [1.165, 1.54) is 0 Å². The van der Waals surface area contributed by atoms with E-state index in [0.717, 1.165) is 24.2 Å². The third-order valence-corrected chi connectivity index (χ3v) is 3.63. The first-order valence-electron chi connectivity index (χ1n) is 6.94. The summed E-state index contributed by atoms with van der Waals surface area (Å²) >= 11 is 0. The first-order chi connectivity index (χ1) is 9.65. The van der Waals surface area contributed by atoms with Gasteiger partial charge >= 0.3 is 0 Å². The van der Waals surface area contributed by atoms with E-state index in [0.29, 0.717) is 6.54 Å². The van der Waals surface area contributed by atoms with Crippen LogP contribution in [-0.4, -0.2) is 31.8 Å². The first kappa shape index (κ1) is 17.8. The Kier molecular flexibility index (Phi) is 6.95. The van der Waals surface area contributed by atoms with E-state index in [-0.39, 0.29) is 36.6 Å². The highest BCUT2D eigenvalue weighted by atomic mass is 35.5. The fraction of sp³-hybridized carbons (Fsp3) is 0.533. The third-order valence-electron chi connectivity index (χ3n) is 3.63. The molecule has 1 aromatic rings. The maximum absolute atomic E-state index is 12.2. The second-order valence-corrected chi connectivity index (χ2v) is 5.03. The van der Waals surface area contributed by atoms with Crippen LogP contribution in [-0.2, 0) is 9.53 Å². The largest absolute Gasteiger partial charge is 0.496 e. The van der Waals surface area contributed by atoms with Crippen molar-refractivity contribution in [2.75, 3.05) is 13.7 Å². The molecule has 3 atom stereocenters. The lowest BCUT2D eigenvalue weighted by Crippen LogP contribution is -2.37. The van der Waals surface area contributed by atoms with Crippen LogP contribution in [0.15, 0.2) is 24.3 Å². The zero-order valence-electron chi connectivity index (χ0n) is 12.4. The van der Waals surface area contributed by atoms with Gasteiger partial charge in [0.1, 0.15) is 11.9 Å². The van der Waals surface area contributed by atoms with Gasteiger partial charge in [0, 0.05) is 12.1 Å². The maximum Gasteiger partial charge on any atom is 0.249 e. The van der Waals surface area contributed by atoms with Crippen molar-refractivity contribution in [3.63, 3.8) is 0 Å². The Morgan fingerprint density at radius 1 is 1.48 bits per heavy atom. The van der Waals surface area contributed by atoms with Gasteiger partial charge in [0.2, 0.25) is 5.91 Å². The van der Waals surface area contributed by atoms with E-state index in [2.05, 4.69) is 5.32 Å². The maximum atomic E-state index is 12.2. The van der Waals surface area contributed by atoms with Gasteiger partial charge in [-0.2, -0.15) is 0 Å². The number of para-hydroxylation sites is 1. The van der Waals surface area contributed by atoms with Gasteiger partial charge in [0.15, 0.2) is 0 Å². The molecule has 1 aromatic carbocycles. The summed E-state index contributed by atoms with van der Waals surface area (Å²) in [5.74, 6) is 0.687. The van der Waals surface area contributed by atoms with E-state index in [1.807, 2.05) is 31.2 Å². The minimum atomic E-state index is -0.388. The van der Waals surface area contributed by atoms with Crippen molar-refractivity contribution in [1.82, 2.24) is 5.32 Å². The molecule has 2 rings (SSSR count). The van der Waals surface area contributed by atoms with Crippen LogP contribution in [0, 0.1) is 0 Å². The molecule has 0 spiro atoms. The van der Waals surface area contributed by atoms with Gasteiger partial charge in [-0.25, -0.2) is 0 Å². The molecule has 21 heavy (non-hydrogen) atoms. The van der Waals surface area contributed by atoms with E-state index >= 15 is 0 Å². The van der Waals surface area contributed by atoms with Crippen molar-refractivity contribution in [3.05, 3.63) is 29.8 Å². The Labute approximate surface area is 131 Å². The number of hydrogen-bond acceptors (Lipinski definition) is 4.